The molecule has 0 aromatic heterocycles. The summed E-state index contributed by atoms with van der Waals surface area (Å²) in [7, 11) is 3.53. The van der Waals surface area contributed by atoms with E-state index in [1.165, 1.54) is 58.2 Å². The van der Waals surface area contributed by atoms with E-state index in [0.29, 0.717) is 12.6 Å². The second kappa shape index (κ2) is 15.3. The molecule has 2 fully saturated rings. The minimum atomic E-state index is 0. The zero-order chi connectivity index (χ0) is 19.3. The highest BCUT2D eigenvalue weighted by molar-refractivity contribution is 14.0. The maximum absolute atomic E-state index is 11.5. The van der Waals surface area contributed by atoms with E-state index in [9.17, 15) is 4.79 Å². The number of likely N-dealkylation sites (N-methyl/N-ethyl adjacent to an activating group) is 1. The van der Waals surface area contributed by atoms with Crippen LogP contribution < -0.4 is 16.0 Å². The molecule has 2 rings (SSSR count). The van der Waals surface area contributed by atoms with Gasteiger partial charge in [-0.1, -0.05) is 12.8 Å². The van der Waals surface area contributed by atoms with Crippen LogP contribution in [0.15, 0.2) is 4.99 Å². The minimum absolute atomic E-state index is 0. The predicted octanol–water partition coefficient (Wildman–Crippen LogP) is 1.64. The van der Waals surface area contributed by atoms with Gasteiger partial charge in [0.15, 0.2) is 5.96 Å². The van der Waals surface area contributed by atoms with Crippen LogP contribution in [0.4, 0.5) is 0 Å². The van der Waals surface area contributed by atoms with Crippen LogP contribution in [0.3, 0.4) is 0 Å². The highest BCUT2D eigenvalue weighted by atomic mass is 127. The number of nitrogens with one attached hydrogen (secondary N) is 3. The monoisotopic (exact) mass is 508 g/mol. The first-order chi connectivity index (χ1) is 13.2. The van der Waals surface area contributed by atoms with Crippen LogP contribution in [0.1, 0.15) is 51.4 Å². The van der Waals surface area contributed by atoms with E-state index >= 15 is 0 Å². The lowest BCUT2D eigenvalue weighted by molar-refractivity contribution is -0.122. The number of hydrogen-bond acceptors (Lipinski definition) is 4. The topological polar surface area (TPSA) is 72.0 Å². The van der Waals surface area contributed by atoms with Gasteiger partial charge in [0.25, 0.3) is 0 Å². The number of carbonyl (C=O) groups excluding carboxylic acids is 1. The van der Waals surface area contributed by atoms with Gasteiger partial charge in [-0.3, -0.25) is 14.7 Å². The fourth-order valence-corrected chi connectivity index (χ4v) is 3.93. The Hall–Kier alpha value is -0.610. The number of guanidine groups is 1. The summed E-state index contributed by atoms with van der Waals surface area (Å²) in [5.41, 5.74) is 0. The van der Waals surface area contributed by atoms with Crippen molar-refractivity contribution in [3.05, 3.63) is 0 Å². The van der Waals surface area contributed by atoms with Crippen LogP contribution in [-0.4, -0.2) is 87.6 Å². The lowest BCUT2D eigenvalue weighted by Gasteiger charge is -2.32. The lowest BCUT2D eigenvalue weighted by Crippen LogP contribution is -2.50. The third-order valence-corrected chi connectivity index (χ3v) is 5.69. The summed E-state index contributed by atoms with van der Waals surface area (Å²) in [6, 6.07) is 0.441. The zero-order valence-electron chi connectivity index (χ0n) is 17.8. The summed E-state index contributed by atoms with van der Waals surface area (Å²) < 4.78 is 0. The molecule has 8 heteroatoms. The van der Waals surface area contributed by atoms with E-state index in [1.54, 1.807) is 7.05 Å². The van der Waals surface area contributed by atoms with Crippen molar-refractivity contribution in [2.75, 3.05) is 59.9 Å². The number of likely N-dealkylation sites (tertiary alicyclic amines) is 2. The van der Waals surface area contributed by atoms with Gasteiger partial charge in [0.05, 0.1) is 6.54 Å². The molecule has 1 amide bonds. The Kier molecular flexibility index (Phi) is 13.9. The molecule has 2 saturated heterocycles. The molecule has 0 aromatic rings. The molecule has 2 aliphatic rings. The van der Waals surface area contributed by atoms with Crippen molar-refractivity contribution in [1.82, 2.24) is 25.8 Å². The Morgan fingerprint density at radius 3 is 2.36 bits per heavy atom. The summed E-state index contributed by atoms with van der Waals surface area (Å²) in [4.78, 5) is 20.7. The number of unbranched alkanes of at least 4 members (excludes halogenated alkanes) is 2. The average molecular weight is 508 g/mol. The number of nitrogens with zero attached hydrogens (tertiary/aromatic N) is 3. The number of carbonyl (C=O) groups is 1. The fourth-order valence-electron chi connectivity index (χ4n) is 3.93. The molecule has 2 aliphatic heterocycles. The van der Waals surface area contributed by atoms with E-state index in [1.807, 2.05) is 7.05 Å². The molecule has 3 N–H and O–H groups in total. The third kappa shape index (κ3) is 10.2. The fraction of sp³-hybridized carbons (Fsp3) is 0.900. The highest BCUT2D eigenvalue weighted by Gasteiger charge is 2.21. The van der Waals surface area contributed by atoms with E-state index in [4.69, 9.17) is 0 Å². The molecule has 0 unspecified atom stereocenters. The second-order valence-electron chi connectivity index (χ2n) is 7.83. The maximum atomic E-state index is 11.5. The number of piperidine rings is 2. The molecule has 0 atom stereocenters. The number of halogens is 1. The highest BCUT2D eigenvalue weighted by Crippen LogP contribution is 2.11. The first kappa shape index (κ1) is 25.4. The predicted molar refractivity (Wildman–Crippen MR) is 128 cm³/mol. The molecule has 0 bridgehead atoms. The van der Waals surface area contributed by atoms with Crippen molar-refractivity contribution >= 4 is 35.8 Å². The average Bonchev–Trinajstić information content (AvgIpc) is 2.71. The molecule has 0 spiro atoms. The van der Waals surface area contributed by atoms with Gasteiger partial charge in [0.2, 0.25) is 5.91 Å². The third-order valence-electron chi connectivity index (χ3n) is 5.69. The summed E-state index contributed by atoms with van der Waals surface area (Å²) in [6.07, 6.45) is 10.1. The lowest BCUT2D eigenvalue weighted by atomic mass is 10.1. The first-order valence-corrected chi connectivity index (χ1v) is 10.8. The van der Waals surface area contributed by atoms with Crippen LogP contribution in [-0.2, 0) is 4.79 Å². The summed E-state index contributed by atoms with van der Waals surface area (Å²) >= 11 is 0. The number of amides is 1. The Morgan fingerprint density at radius 2 is 1.71 bits per heavy atom. The summed E-state index contributed by atoms with van der Waals surface area (Å²) in [6.45, 7) is 7.27. The van der Waals surface area contributed by atoms with Crippen molar-refractivity contribution in [3.8, 4) is 0 Å². The Balaban J connectivity index is 0.00000392. The Labute approximate surface area is 188 Å². The van der Waals surface area contributed by atoms with Crippen LogP contribution >= 0.6 is 24.0 Å². The molecule has 7 nitrogen and oxygen atoms in total. The van der Waals surface area contributed by atoms with Gasteiger partial charge in [-0.15, -0.1) is 24.0 Å². The van der Waals surface area contributed by atoms with Gasteiger partial charge in [-0.25, -0.2) is 0 Å². The zero-order valence-corrected chi connectivity index (χ0v) is 20.2. The van der Waals surface area contributed by atoms with E-state index in [2.05, 4.69) is 30.7 Å². The first-order valence-electron chi connectivity index (χ1n) is 10.8. The van der Waals surface area contributed by atoms with Gasteiger partial charge in [-0.2, -0.15) is 0 Å². The van der Waals surface area contributed by atoms with Gasteiger partial charge in [0, 0.05) is 39.8 Å². The van der Waals surface area contributed by atoms with Gasteiger partial charge >= 0.3 is 0 Å². The van der Waals surface area contributed by atoms with Gasteiger partial charge < -0.3 is 20.9 Å². The van der Waals surface area contributed by atoms with Crippen LogP contribution in [0, 0.1) is 0 Å². The Morgan fingerprint density at radius 1 is 1.00 bits per heavy atom. The Bertz CT molecular complexity index is 448. The molecule has 164 valence electrons. The quantitative estimate of drug-likeness (QED) is 0.191. The molecule has 0 saturated carbocycles. The van der Waals surface area contributed by atoms with Crippen molar-refractivity contribution in [1.29, 1.82) is 0 Å². The summed E-state index contributed by atoms with van der Waals surface area (Å²) in [5.74, 6) is 1.01. The molecular formula is C20H41IN6O. The van der Waals surface area contributed by atoms with Crippen molar-refractivity contribution in [3.63, 3.8) is 0 Å². The molecule has 28 heavy (non-hydrogen) atoms. The molecular weight excluding hydrogens is 467 g/mol. The number of hydrogen-bond donors (Lipinski definition) is 3. The number of aliphatic imine (C=N–C) groups is 1. The van der Waals surface area contributed by atoms with Gasteiger partial charge in [-0.05, 0) is 58.2 Å². The minimum Gasteiger partial charge on any atom is -0.358 e. The van der Waals surface area contributed by atoms with Crippen molar-refractivity contribution in [2.45, 2.75) is 57.4 Å². The van der Waals surface area contributed by atoms with Crippen molar-refractivity contribution < 1.29 is 4.79 Å². The normalized spacial score (nSPS) is 19.7. The SMILES string of the molecule is CN=C(NCCCCCN1CCCCC1)NC1CCN(CC(=O)NC)CC1.I. The van der Waals surface area contributed by atoms with Gasteiger partial charge in [0.1, 0.15) is 0 Å². The van der Waals surface area contributed by atoms with E-state index in [0.717, 1.165) is 38.4 Å². The summed E-state index contributed by atoms with van der Waals surface area (Å²) in [5, 5.41) is 9.69. The number of rotatable bonds is 9. The van der Waals surface area contributed by atoms with Crippen LogP contribution in [0.25, 0.3) is 0 Å². The van der Waals surface area contributed by atoms with Crippen LogP contribution in [0.2, 0.25) is 0 Å². The molecule has 0 aromatic carbocycles. The maximum Gasteiger partial charge on any atom is 0.233 e. The van der Waals surface area contributed by atoms with E-state index in [-0.39, 0.29) is 29.9 Å². The largest absolute Gasteiger partial charge is 0.358 e. The molecule has 0 radical (unpaired) electrons. The van der Waals surface area contributed by atoms with Crippen LogP contribution in [0.5, 0.6) is 0 Å². The van der Waals surface area contributed by atoms with Crippen molar-refractivity contribution in [2.24, 2.45) is 4.99 Å². The smallest absolute Gasteiger partial charge is 0.233 e. The second-order valence-corrected chi connectivity index (χ2v) is 7.83. The standard InChI is InChI=1S/C20H40N6O.HI/c1-21-19(27)17-26-15-9-18(10-16-26)24-20(22-2)23-11-5-3-6-12-25-13-7-4-8-14-25;/h18H,3-17H2,1-2H3,(H,21,27)(H2,22,23,24);1H. The molecule has 0 aliphatic carbocycles. The molecule has 2 heterocycles. The van der Waals surface area contributed by atoms with E-state index < -0.39 is 0 Å².